The molecule has 0 aromatic heterocycles. The molecular formula is C12H25NO2. The summed E-state index contributed by atoms with van der Waals surface area (Å²) in [5.41, 5.74) is -0.0409. The smallest absolute Gasteiger partial charge is 0.0829 e. The second-order valence-electron chi connectivity index (χ2n) is 4.53. The molecule has 0 spiro atoms. The molecule has 1 aliphatic rings. The fourth-order valence-electron chi connectivity index (χ4n) is 2.14. The van der Waals surface area contributed by atoms with Crippen LogP contribution in [0.15, 0.2) is 0 Å². The van der Waals surface area contributed by atoms with E-state index in [1.807, 2.05) is 7.05 Å². The van der Waals surface area contributed by atoms with Crippen molar-refractivity contribution in [3.05, 3.63) is 0 Å². The van der Waals surface area contributed by atoms with Gasteiger partial charge in [0, 0.05) is 13.2 Å². The maximum absolute atomic E-state index is 5.91. The van der Waals surface area contributed by atoms with Gasteiger partial charge in [-0.3, -0.25) is 0 Å². The minimum Gasteiger partial charge on any atom is -0.380 e. The van der Waals surface area contributed by atoms with Crippen LogP contribution >= 0.6 is 0 Å². The average molecular weight is 215 g/mol. The highest BCUT2D eigenvalue weighted by molar-refractivity contribution is 4.90. The largest absolute Gasteiger partial charge is 0.380 e. The molecule has 0 aromatic carbocycles. The number of hydrogen-bond acceptors (Lipinski definition) is 3. The molecule has 1 saturated heterocycles. The van der Waals surface area contributed by atoms with E-state index in [-0.39, 0.29) is 5.60 Å². The monoisotopic (exact) mass is 215 g/mol. The molecule has 0 aromatic rings. The predicted molar refractivity (Wildman–Crippen MR) is 62.2 cm³/mol. The summed E-state index contributed by atoms with van der Waals surface area (Å²) in [7, 11) is 1.99. The maximum Gasteiger partial charge on any atom is 0.0829 e. The van der Waals surface area contributed by atoms with Crippen LogP contribution in [0.3, 0.4) is 0 Å². The summed E-state index contributed by atoms with van der Waals surface area (Å²) in [6.45, 7) is 6.81. The highest BCUT2D eigenvalue weighted by atomic mass is 16.5. The van der Waals surface area contributed by atoms with Crippen molar-refractivity contribution >= 4 is 0 Å². The summed E-state index contributed by atoms with van der Waals surface area (Å²) in [6.07, 6.45) is 4.67. The summed E-state index contributed by atoms with van der Waals surface area (Å²) in [5.74, 6) is 0. The summed E-state index contributed by atoms with van der Waals surface area (Å²) >= 11 is 0. The lowest BCUT2D eigenvalue weighted by Crippen LogP contribution is -2.53. The molecule has 0 bridgehead atoms. The van der Waals surface area contributed by atoms with Crippen LogP contribution in [-0.4, -0.2) is 38.5 Å². The number of ether oxygens (including phenoxy) is 2. The minimum atomic E-state index is -0.0409. The van der Waals surface area contributed by atoms with E-state index in [4.69, 9.17) is 9.47 Å². The SMILES string of the molecule is CCCOCC(NC)C1(C)CCCCO1. The third-order valence-electron chi connectivity index (χ3n) is 3.22. The maximum atomic E-state index is 5.91. The van der Waals surface area contributed by atoms with Crippen LogP contribution in [0.25, 0.3) is 0 Å². The first kappa shape index (κ1) is 12.9. The van der Waals surface area contributed by atoms with Gasteiger partial charge >= 0.3 is 0 Å². The number of nitrogens with one attached hydrogen (secondary N) is 1. The Morgan fingerprint density at radius 2 is 2.27 bits per heavy atom. The van der Waals surface area contributed by atoms with E-state index in [0.717, 1.165) is 32.7 Å². The van der Waals surface area contributed by atoms with Gasteiger partial charge in [0.2, 0.25) is 0 Å². The summed E-state index contributed by atoms with van der Waals surface area (Å²) < 4.78 is 11.5. The first-order valence-electron chi connectivity index (χ1n) is 6.12. The molecule has 3 nitrogen and oxygen atoms in total. The molecule has 2 unspecified atom stereocenters. The second-order valence-corrected chi connectivity index (χ2v) is 4.53. The number of hydrogen-bond donors (Lipinski definition) is 1. The van der Waals surface area contributed by atoms with Crippen molar-refractivity contribution in [2.24, 2.45) is 0 Å². The topological polar surface area (TPSA) is 30.5 Å². The van der Waals surface area contributed by atoms with Crippen LogP contribution in [0.5, 0.6) is 0 Å². The summed E-state index contributed by atoms with van der Waals surface area (Å²) in [5, 5.41) is 3.32. The van der Waals surface area contributed by atoms with Crippen molar-refractivity contribution in [3.63, 3.8) is 0 Å². The summed E-state index contributed by atoms with van der Waals surface area (Å²) in [4.78, 5) is 0. The third kappa shape index (κ3) is 3.74. The van der Waals surface area contributed by atoms with E-state index < -0.39 is 0 Å². The van der Waals surface area contributed by atoms with Gasteiger partial charge in [-0.25, -0.2) is 0 Å². The van der Waals surface area contributed by atoms with Crippen molar-refractivity contribution in [3.8, 4) is 0 Å². The molecule has 1 N–H and O–H groups in total. The molecule has 0 amide bonds. The third-order valence-corrected chi connectivity index (χ3v) is 3.22. The van der Waals surface area contributed by atoms with Gasteiger partial charge in [-0.1, -0.05) is 6.92 Å². The fraction of sp³-hybridized carbons (Fsp3) is 1.00. The molecular weight excluding hydrogens is 190 g/mol. The zero-order chi connectivity index (χ0) is 11.1. The van der Waals surface area contributed by atoms with Gasteiger partial charge in [-0.2, -0.15) is 0 Å². The predicted octanol–water partition coefficient (Wildman–Crippen LogP) is 1.96. The molecule has 0 saturated carbocycles. The molecule has 1 fully saturated rings. The molecule has 0 radical (unpaired) electrons. The normalized spacial score (nSPS) is 29.0. The van der Waals surface area contributed by atoms with E-state index in [2.05, 4.69) is 19.2 Å². The molecule has 1 heterocycles. The van der Waals surface area contributed by atoms with Crippen LogP contribution in [0, 0.1) is 0 Å². The lowest BCUT2D eigenvalue weighted by atomic mass is 9.88. The molecule has 3 heteroatoms. The zero-order valence-corrected chi connectivity index (χ0v) is 10.3. The lowest BCUT2D eigenvalue weighted by Gasteiger charge is -2.40. The van der Waals surface area contributed by atoms with Crippen LogP contribution in [0.2, 0.25) is 0 Å². The van der Waals surface area contributed by atoms with Crippen LogP contribution in [0.4, 0.5) is 0 Å². The standard InChI is InChI=1S/C12H25NO2/c1-4-8-14-10-11(13-3)12(2)7-5-6-9-15-12/h11,13H,4-10H2,1-3H3. The number of likely N-dealkylation sites (N-methyl/N-ethyl adjacent to an activating group) is 1. The van der Waals surface area contributed by atoms with Gasteiger partial charge in [0.25, 0.3) is 0 Å². The van der Waals surface area contributed by atoms with Crippen molar-refractivity contribution < 1.29 is 9.47 Å². The van der Waals surface area contributed by atoms with Gasteiger partial charge in [-0.05, 0) is 39.7 Å². The first-order chi connectivity index (χ1) is 7.23. The van der Waals surface area contributed by atoms with Gasteiger partial charge < -0.3 is 14.8 Å². The van der Waals surface area contributed by atoms with Crippen molar-refractivity contribution in [2.45, 2.75) is 51.2 Å². The second kappa shape index (κ2) is 6.46. The van der Waals surface area contributed by atoms with Crippen molar-refractivity contribution in [1.82, 2.24) is 5.32 Å². The number of rotatable bonds is 6. The van der Waals surface area contributed by atoms with Gasteiger partial charge in [-0.15, -0.1) is 0 Å². The Balaban J connectivity index is 2.40. The highest BCUT2D eigenvalue weighted by Gasteiger charge is 2.35. The quantitative estimate of drug-likeness (QED) is 0.687. The van der Waals surface area contributed by atoms with E-state index in [0.29, 0.717) is 6.04 Å². The van der Waals surface area contributed by atoms with Gasteiger partial charge in [0.05, 0.1) is 18.2 Å². The van der Waals surface area contributed by atoms with Gasteiger partial charge in [0.15, 0.2) is 0 Å². The van der Waals surface area contributed by atoms with Crippen molar-refractivity contribution in [1.29, 1.82) is 0 Å². The van der Waals surface area contributed by atoms with Crippen molar-refractivity contribution in [2.75, 3.05) is 26.9 Å². The van der Waals surface area contributed by atoms with E-state index >= 15 is 0 Å². The molecule has 15 heavy (non-hydrogen) atoms. The lowest BCUT2D eigenvalue weighted by molar-refractivity contribution is -0.102. The van der Waals surface area contributed by atoms with E-state index in [9.17, 15) is 0 Å². The minimum absolute atomic E-state index is 0.0409. The molecule has 90 valence electrons. The molecule has 1 aliphatic heterocycles. The Hall–Kier alpha value is -0.120. The Kier molecular flexibility index (Phi) is 5.58. The molecule has 1 rings (SSSR count). The van der Waals surface area contributed by atoms with Crippen LogP contribution < -0.4 is 5.32 Å². The fourth-order valence-corrected chi connectivity index (χ4v) is 2.14. The molecule has 0 aliphatic carbocycles. The Labute approximate surface area is 93.5 Å². The van der Waals surface area contributed by atoms with Gasteiger partial charge in [0.1, 0.15) is 0 Å². The zero-order valence-electron chi connectivity index (χ0n) is 10.3. The Morgan fingerprint density at radius 3 is 2.80 bits per heavy atom. The Bertz CT molecular complexity index is 167. The van der Waals surface area contributed by atoms with Crippen LogP contribution in [-0.2, 0) is 9.47 Å². The Morgan fingerprint density at radius 1 is 1.47 bits per heavy atom. The summed E-state index contributed by atoms with van der Waals surface area (Å²) in [6, 6.07) is 0.310. The average Bonchev–Trinajstić information content (AvgIpc) is 2.25. The highest BCUT2D eigenvalue weighted by Crippen LogP contribution is 2.27. The van der Waals surface area contributed by atoms with E-state index in [1.54, 1.807) is 0 Å². The van der Waals surface area contributed by atoms with Crippen LogP contribution in [0.1, 0.15) is 39.5 Å². The molecule has 2 atom stereocenters. The van der Waals surface area contributed by atoms with E-state index in [1.165, 1.54) is 12.8 Å². The first-order valence-corrected chi connectivity index (χ1v) is 6.12.